The zero-order valence-corrected chi connectivity index (χ0v) is 10.7. The minimum Gasteiger partial charge on any atom is -0.474 e. The van der Waals surface area contributed by atoms with E-state index in [1.807, 2.05) is 19.9 Å². The molecule has 0 aliphatic heterocycles. The standard InChI is InChI=1S/C9H10BrN3OS/c1-4(2)14-7-5(10)3-6-8(13-7)15-9(11)12-6/h3-4H,1-2H3,(H2,11,12). The monoisotopic (exact) mass is 287 g/mol. The van der Waals surface area contributed by atoms with Crippen molar-refractivity contribution in [3.8, 4) is 5.88 Å². The molecule has 0 bridgehead atoms. The normalized spacial score (nSPS) is 11.2. The van der Waals surface area contributed by atoms with E-state index in [2.05, 4.69) is 25.9 Å². The molecule has 0 spiro atoms. The van der Waals surface area contributed by atoms with Crippen molar-refractivity contribution >= 4 is 42.7 Å². The third-order valence-corrected chi connectivity index (χ3v) is 3.03. The van der Waals surface area contributed by atoms with E-state index in [1.54, 1.807) is 0 Å². The highest BCUT2D eigenvalue weighted by Gasteiger charge is 2.10. The number of anilines is 1. The first-order chi connectivity index (χ1) is 7.06. The molecule has 2 aromatic rings. The summed E-state index contributed by atoms with van der Waals surface area (Å²) >= 11 is 4.75. The number of fused-ring (bicyclic) bond motifs is 1. The SMILES string of the molecule is CC(C)Oc1nc2sc(N)nc2cc1Br. The van der Waals surface area contributed by atoms with E-state index in [0.717, 1.165) is 14.8 Å². The Kier molecular flexibility index (Phi) is 2.79. The van der Waals surface area contributed by atoms with Crippen LogP contribution in [0.1, 0.15) is 13.8 Å². The summed E-state index contributed by atoms with van der Waals surface area (Å²) in [6.45, 7) is 3.92. The molecule has 6 heteroatoms. The van der Waals surface area contributed by atoms with Crippen LogP contribution >= 0.6 is 27.3 Å². The number of ether oxygens (including phenoxy) is 1. The first kappa shape index (κ1) is 10.6. The highest BCUT2D eigenvalue weighted by Crippen LogP contribution is 2.31. The molecule has 0 fully saturated rings. The Hall–Kier alpha value is -0.880. The number of thiazole rings is 1. The fourth-order valence-corrected chi connectivity index (χ4v) is 2.23. The Morgan fingerprint density at radius 2 is 2.20 bits per heavy atom. The van der Waals surface area contributed by atoms with Crippen LogP contribution in [-0.4, -0.2) is 16.1 Å². The van der Waals surface area contributed by atoms with E-state index in [-0.39, 0.29) is 6.10 Å². The molecule has 2 heterocycles. The number of hydrogen-bond acceptors (Lipinski definition) is 5. The molecule has 0 radical (unpaired) electrons. The van der Waals surface area contributed by atoms with Crippen LogP contribution in [0.3, 0.4) is 0 Å². The Morgan fingerprint density at radius 3 is 2.87 bits per heavy atom. The van der Waals surface area contributed by atoms with Crippen molar-refractivity contribution in [2.24, 2.45) is 0 Å². The molecule has 0 aliphatic rings. The zero-order chi connectivity index (χ0) is 11.0. The summed E-state index contributed by atoms with van der Waals surface area (Å²) in [7, 11) is 0. The second-order valence-corrected chi connectivity index (χ2v) is 5.18. The lowest BCUT2D eigenvalue weighted by Gasteiger charge is -2.09. The van der Waals surface area contributed by atoms with E-state index >= 15 is 0 Å². The van der Waals surface area contributed by atoms with Crippen LogP contribution in [0.2, 0.25) is 0 Å². The lowest BCUT2D eigenvalue weighted by Crippen LogP contribution is -2.07. The van der Waals surface area contributed by atoms with Gasteiger partial charge in [0.05, 0.1) is 10.6 Å². The van der Waals surface area contributed by atoms with Gasteiger partial charge in [-0.25, -0.2) is 4.98 Å². The molecule has 0 aromatic carbocycles. The van der Waals surface area contributed by atoms with Crippen LogP contribution in [0.25, 0.3) is 10.3 Å². The average Bonchev–Trinajstić information content (AvgIpc) is 2.44. The van der Waals surface area contributed by atoms with Gasteiger partial charge in [0.2, 0.25) is 5.88 Å². The molecule has 15 heavy (non-hydrogen) atoms. The zero-order valence-electron chi connectivity index (χ0n) is 8.32. The van der Waals surface area contributed by atoms with Gasteiger partial charge in [0, 0.05) is 0 Å². The fourth-order valence-electron chi connectivity index (χ4n) is 1.15. The van der Waals surface area contributed by atoms with Gasteiger partial charge in [-0.2, -0.15) is 4.98 Å². The van der Waals surface area contributed by atoms with Gasteiger partial charge in [-0.15, -0.1) is 0 Å². The Morgan fingerprint density at radius 1 is 1.47 bits per heavy atom. The predicted molar refractivity (Wildman–Crippen MR) is 65.3 cm³/mol. The van der Waals surface area contributed by atoms with Crippen molar-refractivity contribution in [3.05, 3.63) is 10.5 Å². The number of hydrogen-bond donors (Lipinski definition) is 1. The van der Waals surface area contributed by atoms with Crippen LogP contribution in [-0.2, 0) is 0 Å². The molecule has 80 valence electrons. The quantitative estimate of drug-likeness (QED) is 0.923. The fraction of sp³-hybridized carbons (Fsp3) is 0.333. The summed E-state index contributed by atoms with van der Waals surface area (Å²) in [5.41, 5.74) is 6.40. The van der Waals surface area contributed by atoms with Crippen LogP contribution in [0.15, 0.2) is 10.5 Å². The van der Waals surface area contributed by atoms with E-state index in [0.29, 0.717) is 11.0 Å². The minimum absolute atomic E-state index is 0.0940. The van der Waals surface area contributed by atoms with Crippen LogP contribution in [0, 0.1) is 0 Å². The lowest BCUT2D eigenvalue weighted by molar-refractivity contribution is 0.232. The van der Waals surface area contributed by atoms with Gasteiger partial charge in [0.1, 0.15) is 10.3 Å². The van der Waals surface area contributed by atoms with Gasteiger partial charge in [-0.05, 0) is 35.8 Å². The average molecular weight is 288 g/mol. The molecule has 0 unspecified atom stereocenters. The highest BCUT2D eigenvalue weighted by atomic mass is 79.9. The second-order valence-electron chi connectivity index (χ2n) is 3.32. The molecule has 0 aliphatic carbocycles. The number of halogens is 1. The van der Waals surface area contributed by atoms with Gasteiger partial charge in [0.25, 0.3) is 0 Å². The molecule has 0 atom stereocenters. The largest absolute Gasteiger partial charge is 0.474 e. The van der Waals surface area contributed by atoms with Crippen LogP contribution in [0.5, 0.6) is 5.88 Å². The number of nitrogens with zero attached hydrogens (tertiary/aromatic N) is 2. The summed E-state index contributed by atoms with van der Waals surface area (Å²) in [5, 5.41) is 0.520. The van der Waals surface area contributed by atoms with Gasteiger partial charge in [0.15, 0.2) is 5.13 Å². The van der Waals surface area contributed by atoms with E-state index in [1.165, 1.54) is 11.3 Å². The van der Waals surface area contributed by atoms with E-state index in [9.17, 15) is 0 Å². The van der Waals surface area contributed by atoms with Gasteiger partial charge < -0.3 is 10.5 Å². The van der Waals surface area contributed by atoms with Gasteiger partial charge >= 0.3 is 0 Å². The van der Waals surface area contributed by atoms with Crippen molar-refractivity contribution < 1.29 is 4.74 Å². The lowest BCUT2D eigenvalue weighted by atomic mass is 10.4. The summed E-state index contributed by atoms with van der Waals surface area (Å²) in [6, 6.07) is 1.87. The predicted octanol–water partition coefficient (Wildman–Crippen LogP) is 2.82. The number of nitrogen functional groups attached to an aromatic ring is 1. The molecular weight excluding hydrogens is 278 g/mol. The van der Waals surface area contributed by atoms with Crippen molar-refractivity contribution in [1.29, 1.82) is 0 Å². The van der Waals surface area contributed by atoms with Crippen molar-refractivity contribution in [2.45, 2.75) is 20.0 Å². The third kappa shape index (κ3) is 2.21. The Labute approximate surface area is 99.6 Å². The molecule has 0 saturated heterocycles. The van der Waals surface area contributed by atoms with Crippen molar-refractivity contribution in [1.82, 2.24) is 9.97 Å². The highest BCUT2D eigenvalue weighted by molar-refractivity contribution is 9.10. The molecule has 0 amide bonds. The number of rotatable bonds is 2. The smallest absolute Gasteiger partial charge is 0.229 e. The molecule has 0 saturated carbocycles. The second kappa shape index (κ2) is 3.94. The maximum Gasteiger partial charge on any atom is 0.229 e. The Bertz CT molecular complexity index is 497. The maximum atomic E-state index is 5.60. The number of aromatic nitrogens is 2. The molecule has 4 nitrogen and oxygen atoms in total. The minimum atomic E-state index is 0.0940. The number of pyridine rings is 1. The van der Waals surface area contributed by atoms with E-state index in [4.69, 9.17) is 10.5 Å². The number of nitrogens with two attached hydrogens (primary N) is 1. The summed E-state index contributed by atoms with van der Waals surface area (Å²) < 4.78 is 6.34. The molecule has 2 aromatic heterocycles. The topological polar surface area (TPSA) is 61.0 Å². The van der Waals surface area contributed by atoms with Crippen molar-refractivity contribution in [2.75, 3.05) is 5.73 Å². The maximum absolute atomic E-state index is 5.60. The van der Waals surface area contributed by atoms with Gasteiger partial charge in [-0.1, -0.05) is 11.3 Å². The summed E-state index contributed by atoms with van der Waals surface area (Å²) in [5.74, 6) is 0.584. The van der Waals surface area contributed by atoms with E-state index < -0.39 is 0 Å². The summed E-state index contributed by atoms with van der Waals surface area (Å²) in [4.78, 5) is 9.28. The Balaban J connectivity index is 2.51. The van der Waals surface area contributed by atoms with Crippen molar-refractivity contribution in [3.63, 3.8) is 0 Å². The first-order valence-corrected chi connectivity index (χ1v) is 6.06. The molecule has 2 rings (SSSR count). The van der Waals surface area contributed by atoms with Crippen LogP contribution in [0.4, 0.5) is 5.13 Å². The molecular formula is C9H10BrN3OS. The third-order valence-electron chi connectivity index (χ3n) is 1.67. The first-order valence-electron chi connectivity index (χ1n) is 4.45. The van der Waals surface area contributed by atoms with Gasteiger partial charge in [-0.3, -0.25) is 0 Å². The van der Waals surface area contributed by atoms with Crippen LogP contribution < -0.4 is 10.5 Å². The summed E-state index contributed by atoms with van der Waals surface area (Å²) in [6.07, 6.45) is 0.0940. The molecule has 2 N–H and O–H groups in total.